The lowest BCUT2D eigenvalue weighted by atomic mass is 9.84. The van der Waals surface area contributed by atoms with Gasteiger partial charge in [-0.3, -0.25) is 4.79 Å². The highest BCUT2D eigenvalue weighted by atomic mass is 16.5. The first-order chi connectivity index (χ1) is 8.10. The number of ether oxygens (including phenoxy) is 1. The summed E-state index contributed by atoms with van der Waals surface area (Å²) in [7, 11) is 0. The standard InChI is InChI=1S/C14H27NO2/c1-4-10(3)13(15)14(16)17-12-9-7-6-8-11(12)5-2/h10-13H,4-9,15H2,1-3H3/t10?,11?,12?,13-/m0/s1. The van der Waals surface area contributed by atoms with Crippen molar-refractivity contribution >= 4 is 5.97 Å². The highest BCUT2D eigenvalue weighted by Gasteiger charge is 2.30. The minimum atomic E-state index is -0.459. The van der Waals surface area contributed by atoms with E-state index in [1.54, 1.807) is 0 Å². The molecule has 1 aliphatic rings. The molecule has 0 aromatic rings. The molecule has 3 unspecified atom stereocenters. The normalized spacial score (nSPS) is 28.5. The van der Waals surface area contributed by atoms with Gasteiger partial charge in [-0.25, -0.2) is 0 Å². The second kappa shape index (κ2) is 7.00. The molecular weight excluding hydrogens is 214 g/mol. The maximum absolute atomic E-state index is 11.9. The van der Waals surface area contributed by atoms with Crippen molar-refractivity contribution in [3.8, 4) is 0 Å². The predicted octanol–water partition coefficient (Wildman–Crippen LogP) is 2.87. The van der Waals surface area contributed by atoms with Crippen LogP contribution in [0.4, 0.5) is 0 Å². The summed E-state index contributed by atoms with van der Waals surface area (Å²) in [6, 6.07) is -0.459. The Hall–Kier alpha value is -0.570. The molecule has 0 heterocycles. The summed E-state index contributed by atoms with van der Waals surface area (Å²) < 4.78 is 5.62. The van der Waals surface area contributed by atoms with Gasteiger partial charge >= 0.3 is 5.97 Å². The van der Waals surface area contributed by atoms with E-state index < -0.39 is 6.04 Å². The van der Waals surface area contributed by atoms with E-state index in [2.05, 4.69) is 6.92 Å². The van der Waals surface area contributed by atoms with E-state index >= 15 is 0 Å². The first-order valence-corrected chi connectivity index (χ1v) is 7.06. The Morgan fingerprint density at radius 1 is 1.35 bits per heavy atom. The van der Waals surface area contributed by atoms with Crippen molar-refractivity contribution in [2.45, 2.75) is 71.4 Å². The molecule has 3 nitrogen and oxygen atoms in total. The van der Waals surface area contributed by atoms with E-state index in [1.165, 1.54) is 19.3 Å². The predicted molar refractivity (Wildman–Crippen MR) is 69.6 cm³/mol. The van der Waals surface area contributed by atoms with Crippen LogP contribution in [0.3, 0.4) is 0 Å². The molecular formula is C14H27NO2. The molecule has 4 atom stereocenters. The minimum absolute atomic E-state index is 0.108. The fourth-order valence-corrected chi connectivity index (χ4v) is 2.51. The van der Waals surface area contributed by atoms with Crippen molar-refractivity contribution in [3.63, 3.8) is 0 Å². The molecule has 0 spiro atoms. The van der Waals surface area contributed by atoms with Crippen molar-refractivity contribution in [1.82, 2.24) is 0 Å². The molecule has 17 heavy (non-hydrogen) atoms. The second-order valence-electron chi connectivity index (χ2n) is 5.34. The molecule has 0 aliphatic heterocycles. The Balaban J connectivity index is 2.48. The van der Waals surface area contributed by atoms with E-state index in [4.69, 9.17) is 10.5 Å². The van der Waals surface area contributed by atoms with Crippen molar-refractivity contribution in [3.05, 3.63) is 0 Å². The smallest absolute Gasteiger partial charge is 0.323 e. The first-order valence-electron chi connectivity index (χ1n) is 7.06. The van der Waals surface area contributed by atoms with Gasteiger partial charge in [-0.05, 0) is 37.5 Å². The summed E-state index contributed by atoms with van der Waals surface area (Å²) in [5.74, 6) is 0.535. The maximum atomic E-state index is 11.9. The van der Waals surface area contributed by atoms with Crippen molar-refractivity contribution < 1.29 is 9.53 Å². The number of carbonyl (C=O) groups is 1. The lowest BCUT2D eigenvalue weighted by Gasteiger charge is -2.31. The summed E-state index contributed by atoms with van der Waals surface area (Å²) in [6.45, 7) is 6.22. The van der Waals surface area contributed by atoms with E-state index in [0.29, 0.717) is 5.92 Å². The third kappa shape index (κ3) is 3.98. The highest BCUT2D eigenvalue weighted by Crippen LogP contribution is 2.29. The van der Waals surface area contributed by atoms with E-state index in [9.17, 15) is 4.79 Å². The molecule has 1 fully saturated rings. The fourth-order valence-electron chi connectivity index (χ4n) is 2.51. The SMILES string of the molecule is CCC1CCCCC1OC(=O)[C@@H](N)C(C)CC. The summed E-state index contributed by atoms with van der Waals surface area (Å²) >= 11 is 0. The number of rotatable bonds is 5. The van der Waals surface area contributed by atoms with Crippen LogP contribution < -0.4 is 5.73 Å². The number of hydrogen-bond donors (Lipinski definition) is 1. The van der Waals surface area contributed by atoms with Gasteiger partial charge in [-0.1, -0.05) is 33.6 Å². The first kappa shape index (κ1) is 14.5. The van der Waals surface area contributed by atoms with Crippen LogP contribution in [0, 0.1) is 11.8 Å². The van der Waals surface area contributed by atoms with Crippen LogP contribution in [0.15, 0.2) is 0 Å². The molecule has 0 amide bonds. The molecule has 3 heteroatoms. The third-order valence-corrected chi connectivity index (χ3v) is 4.16. The monoisotopic (exact) mass is 241 g/mol. The Kier molecular flexibility index (Phi) is 5.96. The Labute approximate surface area is 105 Å². The topological polar surface area (TPSA) is 52.3 Å². The molecule has 1 aliphatic carbocycles. The fraction of sp³-hybridized carbons (Fsp3) is 0.929. The Bertz CT molecular complexity index is 242. The van der Waals surface area contributed by atoms with Gasteiger partial charge in [0.05, 0.1) is 0 Å². The molecule has 2 N–H and O–H groups in total. The van der Waals surface area contributed by atoms with Gasteiger partial charge in [0, 0.05) is 0 Å². The number of hydrogen-bond acceptors (Lipinski definition) is 3. The zero-order valence-electron chi connectivity index (χ0n) is 11.4. The van der Waals surface area contributed by atoms with Crippen LogP contribution in [0.2, 0.25) is 0 Å². The highest BCUT2D eigenvalue weighted by molar-refractivity contribution is 5.76. The number of nitrogens with two attached hydrogens (primary N) is 1. The number of esters is 1. The molecule has 0 aromatic heterocycles. The number of carbonyl (C=O) groups excluding carboxylic acids is 1. The van der Waals surface area contributed by atoms with Gasteiger partial charge in [-0.15, -0.1) is 0 Å². The van der Waals surface area contributed by atoms with Gasteiger partial charge in [0.1, 0.15) is 12.1 Å². The van der Waals surface area contributed by atoms with Gasteiger partial charge in [0.2, 0.25) is 0 Å². The van der Waals surface area contributed by atoms with Gasteiger partial charge in [0.25, 0.3) is 0 Å². The van der Waals surface area contributed by atoms with Crippen LogP contribution in [0.25, 0.3) is 0 Å². The van der Waals surface area contributed by atoms with Crippen molar-refractivity contribution in [1.29, 1.82) is 0 Å². The molecule has 1 saturated carbocycles. The quantitative estimate of drug-likeness (QED) is 0.753. The maximum Gasteiger partial charge on any atom is 0.323 e. The van der Waals surface area contributed by atoms with E-state index in [1.807, 2.05) is 13.8 Å². The van der Waals surface area contributed by atoms with Crippen LogP contribution in [-0.2, 0) is 9.53 Å². The molecule has 0 bridgehead atoms. The van der Waals surface area contributed by atoms with Gasteiger partial charge in [0.15, 0.2) is 0 Å². The van der Waals surface area contributed by atoms with Crippen molar-refractivity contribution in [2.24, 2.45) is 17.6 Å². The lowest BCUT2D eigenvalue weighted by Crippen LogP contribution is -2.41. The summed E-state index contributed by atoms with van der Waals surface area (Å²) in [5.41, 5.74) is 5.90. The van der Waals surface area contributed by atoms with Crippen LogP contribution in [0.1, 0.15) is 59.3 Å². The molecule has 0 radical (unpaired) electrons. The lowest BCUT2D eigenvalue weighted by molar-refractivity contribution is -0.156. The Morgan fingerprint density at radius 2 is 2.00 bits per heavy atom. The van der Waals surface area contributed by atoms with Crippen LogP contribution in [0.5, 0.6) is 0 Å². The minimum Gasteiger partial charge on any atom is -0.461 e. The van der Waals surface area contributed by atoms with Gasteiger partial charge in [-0.2, -0.15) is 0 Å². The zero-order valence-corrected chi connectivity index (χ0v) is 11.4. The Morgan fingerprint density at radius 3 is 2.59 bits per heavy atom. The second-order valence-corrected chi connectivity index (χ2v) is 5.34. The average Bonchev–Trinajstić information content (AvgIpc) is 2.37. The average molecular weight is 241 g/mol. The molecule has 100 valence electrons. The van der Waals surface area contributed by atoms with Crippen molar-refractivity contribution in [2.75, 3.05) is 0 Å². The largest absolute Gasteiger partial charge is 0.461 e. The zero-order chi connectivity index (χ0) is 12.8. The summed E-state index contributed by atoms with van der Waals surface area (Å²) in [6.07, 6.45) is 6.76. The van der Waals surface area contributed by atoms with Gasteiger partial charge < -0.3 is 10.5 Å². The summed E-state index contributed by atoms with van der Waals surface area (Å²) in [4.78, 5) is 11.9. The molecule has 1 rings (SSSR count). The third-order valence-electron chi connectivity index (χ3n) is 4.16. The van der Waals surface area contributed by atoms with E-state index in [0.717, 1.165) is 19.3 Å². The summed E-state index contributed by atoms with van der Waals surface area (Å²) in [5, 5.41) is 0. The molecule has 0 saturated heterocycles. The van der Waals surface area contributed by atoms with E-state index in [-0.39, 0.29) is 18.0 Å². The van der Waals surface area contributed by atoms with Crippen LogP contribution >= 0.6 is 0 Å². The van der Waals surface area contributed by atoms with Crippen LogP contribution in [-0.4, -0.2) is 18.1 Å². The molecule has 0 aromatic carbocycles.